The fourth-order valence-electron chi connectivity index (χ4n) is 2.73. The highest BCUT2D eigenvalue weighted by Gasteiger charge is 2.53. The van der Waals surface area contributed by atoms with E-state index in [1.165, 1.54) is 36.5 Å². The first-order chi connectivity index (χ1) is 5.24. The van der Waals surface area contributed by atoms with Gasteiger partial charge in [-0.1, -0.05) is 22.6 Å². The average Bonchev–Trinajstić information content (AvgIpc) is 2.61. The summed E-state index contributed by atoms with van der Waals surface area (Å²) in [6.45, 7) is 0. The van der Waals surface area contributed by atoms with Gasteiger partial charge in [0.05, 0.1) is 5.60 Å². The summed E-state index contributed by atoms with van der Waals surface area (Å²) in [5.74, 6) is 0. The molecule has 2 aliphatic carbocycles. The Hall–Kier alpha value is 0.690. The predicted molar refractivity (Wildman–Crippen MR) is 54.1 cm³/mol. The molecule has 0 spiro atoms. The van der Waals surface area contributed by atoms with Crippen molar-refractivity contribution in [3.63, 3.8) is 0 Å². The number of hydrogen-bond acceptors (Lipinski definition) is 1. The van der Waals surface area contributed by atoms with Crippen molar-refractivity contribution in [3.8, 4) is 0 Å². The summed E-state index contributed by atoms with van der Waals surface area (Å²) in [6.07, 6.45) is 6.77. The number of methoxy groups -OCH3 is 1. The van der Waals surface area contributed by atoms with Crippen molar-refractivity contribution in [1.82, 2.24) is 0 Å². The zero-order chi connectivity index (χ0) is 7.95. The van der Waals surface area contributed by atoms with E-state index in [1.54, 1.807) is 0 Å². The lowest BCUT2D eigenvalue weighted by molar-refractivity contribution is -0.000333. The predicted octanol–water partition coefficient (Wildman–Crippen LogP) is 2.77. The lowest BCUT2D eigenvalue weighted by atomic mass is 9.86. The van der Waals surface area contributed by atoms with Gasteiger partial charge in [-0.05, 0) is 37.5 Å². The topological polar surface area (TPSA) is 9.23 Å². The molecule has 0 atom stereocenters. The van der Waals surface area contributed by atoms with Crippen LogP contribution in [0.5, 0.6) is 0 Å². The molecule has 0 unspecified atom stereocenters. The molecule has 0 N–H and O–H groups in total. The summed E-state index contributed by atoms with van der Waals surface area (Å²) >= 11 is 2.54. The number of rotatable bonds is 2. The van der Waals surface area contributed by atoms with Gasteiger partial charge in [0.1, 0.15) is 0 Å². The molecule has 2 saturated carbocycles. The zero-order valence-electron chi connectivity index (χ0n) is 7.03. The van der Waals surface area contributed by atoms with Crippen LogP contribution in [-0.2, 0) is 4.74 Å². The van der Waals surface area contributed by atoms with Gasteiger partial charge in [-0.2, -0.15) is 0 Å². The fourth-order valence-corrected chi connectivity index (χ4v) is 3.76. The standard InChI is InChI=1S/C9H15IO/c1-11-9-4-2-8(6-9,7-10)3-5-9/h2-7H2,1H3. The number of halogens is 1. The molecule has 2 bridgehead atoms. The minimum atomic E-state index is 0.311. The summed E-state index contributed by atoms with van der Waals surface area (Å²) < 4.78 is 6.94. The lowest BCUT2D eigenvalue weighted by Gasteiger charge is -2.25. The number of ether oxygens (including phenoxy) is 1. The van der Waals surface area contributed by atoms with Gasteiger partial charge < -0.3 is 4.74 Å². The van der Waals surface area contributed by atoms with E-state index >= 15 is 0 Å². The van der Waals surface area contributed by atoms with Gasteiger partial charge in [0.25, 0.3) is 0 Å². The van der Waals surface area contributed by atoms with Crippen molar-refractivity contribution in [1.29, 1.82) is 0 Å². The molecular formula is C9H15IO. The highest BCUT2D eigenvalue weighted by Crippen LogP contribution is 2.58. The van der Waals surface area contributed by atoms with Crippen molar-refractivity contribution in [2.45, 2.75) is 37.7 Å². The Labute approximate surface area is 82.0 Å². The molecule has 0 saturated heterocycles. The van der Waals surface area contributed by atoms with Crippen molar-refractivity contribution >= 4 is 22.6 Å². The maximum absolute atomic E-state index is 5.61. The Bertz CT molecular complexity index is 141. The summed E-state index contributed by atoms with van der Waals surface area (Å²) in [7, 11) is 1.88. The highest BCUT2D eigenvalue weighted by molar-refractivity contribution is 14.1. The molecule has 0 aromatic rings. The Kier molecular flexibility index (Phi) is 1.95. The minimum absolute atomic E-state index is 0.311. The van der Waals surface area contributed by atoms with E-state index in [1.807, 2.05) is 7.11 Å². The third-order valence-electron chi connectivity index (χ3n) is 3.64. The minimum Gasteiger partial charge on any atom is -0.378 e. The maximum atomic E-state index is 5.61. The molecule has 0 amide bonds. The fraction of sp³-hybridized carbons (Fsp3) is 1.00. The smallest absolute Gasteiger partial charge is 0.0684 e. The molecule has 11 heavy (non-hydrogen) atoms. The van der Waals surface area contributed by atoms with Crippen LogP contribution in [0.1, 0.15) is 32.1 Å². The van der Waals surface area contributed by atoms with Gasteiger partial charge >= 0.3 is 0 Å². The molecule has 0 aliphatic heterocycles. The van der Waals surface area contributed by atoms with E-state index in [2.05, 4.69) is 22.6 Å². The van der Waals surface area contributed by atoms with E-state index in [0.29, 0.717) is 11.0 Å². The lowest BCUT2D eigenvalue weighted by Crippen LogP contribution is -2.24. The number of alkyl halides is 1. The maximum Gasteiger partial charge on any atom is 0.0684 e. The quantitative estimate of drug-likeness (QED) is 0.551. The van der Waals surface area contributed by atoms with Crippen LogP contribution in [-0.4, -0.2) is 17.1 Å². The van der Waals surface area contributed by atoms with Gasteiger partial charge in [-0.15, -0.1) is 0 Å². The van der Waals surface area contributed by atoms with Crippen molar-refractivity contribution in [2.75, 3.05) is 11.5 Å². The molecule has 2 rings (SSSR count). The third-order valence-corrected chi connectivity index (χ3v) is 5.25. The van der Waals surface area contributed by atoms with Crippen molar-refractivity contribution in [3.05, 3.63) is 0 Å². The Morgan fingerprint density at radius 3 is 2.18 bits per heavy atom. The SMILES string of the molecule is COC12CCC(CI)(CC1)C2. The number of hydrogen-bond donors (Lipinski definition) is 0. The van der Waals surface area contributed by atoms with Crippen LogP contribution in [0.15, 0.2) is 0 Å². The second kappa shape index (κ2) is 2.59. The molecule has 64 valence electrons. The normalized spacial score (nSPS) is 48.5. The summed E-state index contributed by atoms with van der Waals surface area (Å²) in [5, 5.41) is 0. The highest BCUT2D eigenvalue weighted by atomic mass is 127. The molecule has 0 heterocycles. The van der Waals surface area contributed by atoms with Gasteiger partial charge in [-0.25, -0.2) is 0 Å². The second-order valence-corrected chi connectivity index (χ2v) is 4.96. The Morgan fingerprint density at radius 2 is 1.91 bits per heavy atom. The van der Waals surface area contributed by atoms with Gasteiger partial charge in [0.2, 0.25) is 0 Å². The number of fused-ring (bicyclic) bond motifs is 2. The second-order valence-electron chi connectivity index (χ2n) is 4.20. The van der Waals surface area contributed by atoms with Crippen molar-refractivity contribution < 1.29 is 4.74 Å². The van der Waals surface area contributed by atoms with Gasteiger partial charge in [0.15, 0.2) is 0 Å². The third kappa shape index (κ3) is 1.13. The van der Waals surface area contributed by atoms with E-state index in [-0.39, 0.29) is 0 Å². The molecule has 1 nitrogen and oxygen atoms in total. The largest absolute Gasteiger partial charge is 0.378 e. The average molecular weight is 266 g/mol. The van der Waals surface area contributed by atoms with Crippen LogP contribution < -0.4 is 0 Å². The van der Waals surface area contributed by atoms with E-state index < -0.39 is 0 Å². The summed E-state index contributed by atoms with van der Waals surface area (Å²) in [6, 6.07) is 0. The van der Waals surface area contributed by atoms with E-state index in [4.69, 9.17) is 4.74 Å². The molecule has 2 heteroatoms. The van der Waals surface area contributed by atoms with Crippen LogP contribution >= 0.6 is 22.6 Å². The molecule has 0 aromatic carbocycles. The first-order valence-electron chi connectivity index (χ1n) is 4.35. The van der Waals surface area contributed by atoms with Crippen molar-refractivity contribution in [2.24, 2.45) is 5.41 Å². The van der Waals surface area contributed by atoms with Crippen LogP contribution in [0.25, 0.3) is 0 Å². The molecular weight excluding hydrogens is 251 g/mol. The van der Waals surface area contributed by atoms with E-state index in [0.717, 1.165) is 0 Å². The monoisotopic (exact) mass is 266 g/mol. The Balaban J connectivity index is 2.15. The van der Waals surface area contributed by atoms with Gasteiger partial charge in [0, 0.05) is 11.5 Å². The zero-order valence-corrected chi connectivity index (χ0v) is 9.19. The molecule has 2 aliphatic rings. The molecule has 0 aromatic heterocycles. The van der Waals surface area contributed by atoms with Crippen LogP contribution in [0.2, 0.25) is 0 Å². The van der Waals surface area contributed by atoms with Crippen LogP contribution in [0.4, 0.5) is 0 Å². The van der Waals surface area contributed by atoms with Gasteiger partial charge in [-0.3, -0.25) is 0 Å². The van der Waals surface area contributed by atoms with Crippen LogP contribution in [0.3, 0.4) is 0 Å². The van der Waals surface area contributed by atoms with Crippen LogP contribution in [0, 0.1) is 5.41 Å². The van der Waals surface area contributed by atoms with E-state index in [9.17, 15) is 0 Å². The molecule has 2 fully saturated rings. The first kappa shape index (κ1) is 8.30. The summed E-state index contributed by atoms with van der Waals surface area (Å²) in [4.78, 5) is 0. The summed E-state index contributed by atoms with van der Waals surface area (Å²) in [5.41, 5.74) is 0.988. The Morgan fingerprint density at radius 1 is 1.27 bits per heavy atom. The molecule has 0 radical (unpaired) electrons. The first-order valence-corrected chi connectivity index (χ1v) is 5.88.